The fraction of sp³-hybridized carbons (Fsp3) is 0.636. The van der Waals surface area contributed by atoms with E-state index in [0.29, 0.717) is 13.2 Å². The van der Waals surface area contributed by atoms with Crippen LogP contribution in [0, 0.1) is 5.92 Å². The van der Waals surface area contributed by atoms with Crippen LogP contribution in [0.3, 0.4) is 0 Å². The lowest BCUT2D eigenvalue weighted by molar-refractivity contribution is -0.132. The highest BCUT2D eigenvalue weighted by Crippen LogP contribution is 2.25. The van der Waals surface area contributed by atoms with Gasteiger partial charge in [-0.1, -0.05) is 11.6 Å². The Hall–Kier alpha value is -1.32. The third-order valence-corrected chi connectivity index (χ3v) is 3.01. The Morgan fingerprint density at radius 3 is 2.93 bits per heavy atom. The lowest BCUT2D eigenvalue weighted by Crippen LogP contribution is -2.37. The molecule has 0 bridgehead atoms. The van der Waals surface area contributed by atoms with E-state index in [0.717, 1.165) is 19.3 Å². The minimum absolute atomic E-state index is 0.0284. The number of hydrogen-bond acceptors (Lipinski definition) is 3. The van der Waals surface area contributed by atoms with Crippen molar-refractivity contribution in [2.45, 2.75) is 26.2 Å². The van der Waals surface area contributed by atoms with E-state index in [9.17, 15) is 9.59 Å². The van der Waals surface area contributed by atoms with Crippen LogP contribution in [0.2, 0.25) is 0 Å². The lowest BCUT2D eigenvalue weighted by atomic mass is 9.89. The Morgan fingerprint density at radius 2 is 2.40 bits per heavy atom. The first kappa shape index (κ1) is 10.2. The third kappa shape index (κ3) is 2.03. The second-order valence-electron chi connectivity index (χ2n) is 4.13. The molecule has 4 heteroatoms. The molecular weight excluding hydrogens is 194 g/mol. The molecule has 0 radical (unpaired) electrons. The van der Waals surface area contributed by atoms with Gasteiger partial charge in [0.05, 0.1) is 6.54 Å². The van der Waals surface area contributed by atoms with Crippen molar-refractivity contribution in [3.63, 3.8) is 0 Å². The van der Waals surface area contributed by atoms with Gasteiger partial charge in [0.2, 0.25) is 5.91 Å². The first-order chi connectivity index (χ1) is 7.18. The third-order valence-electron chi connectivity index (χ3n) is 3.01. The molecule has 2 amide bonds. The molecule has 0 aromatic heterocycles. The summed E-state index contributed by atoms with van der Waals surface area (Å²) in [5, 5.41) is 0. The van der Waals surface area contributed by atoms with Crippen LogP contribution in [0.25, 0.3) is 0 Å². The van der Waals surface area contributed by atoms with Gasteiger partial charge in [-0.05, 0) is 26.2 Å². The van der Waals surface area contributed by atoms with E-state index < -0.39 is 6.09 Å². The Bertz CT molecular complexity index is 322. The number of allylic oxidation sites excluding steroid dienone is 2. The minimum atomic E-state index is -0.480. The predicted octanol–water partition coefficient (Wildman–Crippen LogP) is 1.71. The quantitative estimate of drug-likeness (QED) is 0.618. The summed E-state index contributed by atoms with van der Waals surface area (Å²) in [5.74, 6) is -0.0967. The molecule has 82 valence electrons. The van der Waals surface area contributed by atoms with Gasteiger partial charge in [0.15, 0.2) is 0 Å². The molecule has 0 aromatic carbocycles. The van der Waals surface area contributed by atoms with Crippen molar-refractivity contribution in [3.8, 4) is 0 Å². The van der Waals surface area contributed by atoms with E-state index >= 15 is 0 Å². The summed E-state index contributed by atoms with van der Waals surface area (Å²) in [6, 6.07) is 0. The van der Waals surface area contributed by atoms with Gasteiger partial charge in [0.1, 0.15) is 6.61 Å². The van der Waals surface area contributed by atoms with E-state index in [2.05, 4.69) is 13.0 Å². The van der Waals surface area contributed by atoms with Crippen LogP contribution in [0.15, 0.2) is 11.6 Å². The second-order valence-corrected chi connectivity index (χ2v) is 4.13. The highest BCUT2D eigenvalue weighted by atomic mass is 16.6. The van der Waals surface area contributed by atoms with Crippen LogP contribution in [-0.4, -0.2) is 30.1 Å². The van der Waals surface area contributed by atoms with Crippen molar-refractivity contribution in [1.82, 2.24) is 4.90 Å². The van der Waals surface area contributed by atoms with Crippen molar-refractivity contribution in [2.75, 3.05) is 13.2 Å². The normalized spacial score (nSPS) is 26.2. The molecule has 1 aliphatic carbocycles. The maximum Gasteiger partial charge on any atom is 0.416 e. The van der Waals surface area contributed by atoms with Crippen LogP contribution in [0.4, 0.5) is 4.79 Å². The highest BCUT2D eigenvalue weighted by molar-refractivity contribution is 5.94. The van der Waals surface area contributed by atoms with Gasteiger partial charge in [-0.2, -0.15) is 0 Å². The molecule has 2 rings (SSSR count). The van der Waals surface area contributed by atoms with E-state index in [-0.39, 0.29) is 11.8 Å². The van der Waals surface area contributed by atoms with Crippen LogP contribution in [-0.2, 0) is 9.53 Å². The summed E-state index contributed by atoms with van der Waals surface area (Å²) in [7, 11) is 0. The maximum absolute atomic E-state index is 11.9. The maximum atomic E-state index is 11.9. The first-order valence-corrected chi connectivity index (χ1v) is 5.32. The molecule has 0 saturated carbocycles. The van der Waals surface area contributed by atoms with Crippen molar-refractivity contribution < 1.29 is 14.3 Å². The smallest absolute Gasteiger partial charge is 0.416 e. The van der Waals surface area contributed by atoms with Gasteiger partial charge in [-0.3, -0.25) is 4.79 Å². The van der Waals surface area contributed by atoms with Crippen molar-refractivity contribution in [1.29, 1.82) is 0 Å². The van der Waals surface area contributed by atoms with Crippen molar-refractivity contribution in [2.24, 2.45) is 5.92 Å². The summed E-state index contributed by atoms with van der Waals surface area (Å²) in [6.45, 7) is 2.83. The number of carbonyl (C=O) groups is 2. The first-order valence-electron chi connectivity index (χ1n) is 5.32. The molecule has 1 aliphatic heterocycles. The Morgan fingerprint density at radius 1 is 1.60 bits per heavy atom. The molecule has 0 unspecified atom stereocenters. The van der Waals surface area contributed by atoms with Gasteiger partial charge >= 0.3 is 6.09 Å². The average Bonchev–Trinajstić information content (AvgIpc) is 2.65. The van der Waals surface area contributed by atoms with Crippen LogP contribution >= 0.6 is 0 Å². The molecule has 1 fully saturated rings. The van der Waals surface area contributed by atoms with Gasteiger partial charge in [-0.15, -0.1) is 0 Å². The van der Waals surface area contributed by atoms with E-state index in [1.807, 2.05) is 0 Å². The summed E-state index contributed by atoms with van der Waals surface area (Å²) < 4.78 is 4.75. The molecule has 1 atom stereocenters. The largest absolute Gasteiger partial charge is 0.447 e. The molecule has 1 saturated heterocycles. The number of nitrogens with zero attached hydrogens (tertiary/aromatic N) is 1. The SMILES string of the molecule is CC1=CC[C@H](C(=O)N2CCOC2=O)CC1. The van der Waals surface area contributed by atoms with E-state index in [1.54, 1.807) is 0 Å². The summed E-state index contributed by atoms with van der Waals surface area (Å²) in [5.41, 5.74) is 1.34. The Kier molecular flexibility index (Phi) is 2.75. The average molecular weight is 209 g/mol. The molecule has 1 heterocycles. The van der Waals surface area contributed by atoms with Gasteiger partial charge < -0.3 is 4.74 Å². The van der Waals surface area contributed by atoms with Gasteiger partial charge in [0.25, 0.3) is 0 Å². The van der Waals surface area contributed by atoms with Gasteiger partial charge in [0, 0.05) is 5.92 Å². The van der Waals surface area contributed by atoms with Crippen LogP contribution in [0.1, 0.15) is 26.2 Å². The van der Waals surface area contributed by atoms with Crippen molar-refractivity contribution >= 4 is 12.0 Å². The zero-order valence-electron chi connectivity index (χ0n) is 8.86. The minimum Gasteiger partial charge on any atom is -0.447 e. The monoisotopic (exact) mass is 209 g/mol. The molecule has 15 heavy (non-hydrogen) atoms. The standard InChI is InChI=1S/C11H15NO3/c1-8-2-4-9(5-3-8)10(13)12-6-7-15-11(12)14/h2,9H,3-7H2,1H3/t9-/m0/s1. The number of rotatable bonds is 1. The number of cyclic esters (lactones) is 1. The fourth-order valence-electron chi connectivity index (χ4n) is 2.00. The predicted molar refractivity (Wildman–Crippen MR) is 54.2 cm³/mol. The molecule has 0 N–H and O–H groups in total. The topological polar surface area (TPSA) is 46.6 Å². The Labute approximate surface area is 88.9 Å². The lowest BCUT2D eigenvalue weighted by Gasteiger charge is -2.22. The zero-order valence-corrected chi connectivity index (χ0v) is 8.86. The zero-order chi connectivity index (χ0) is 10.8. The number of ether oxygens (including phenoxy) is 1. The summed E-state index contributed by atoms with van der Waals surface area (Å²) >= 11 is 0. The summed E-state index contributed by atoms with van der Waals surface area (Å²) in [4.78, 5) is 24.3. The molecular formula is C11H15NO3. The van der Waals surface area contributed by atoms with Crippen molar-refractivity contribution in [3.05, 3.63) is 11.6 Å². The van der Waals surface area contributed by atoms with E-state index in [4.69, 9.17) is 4.74 Å². The number of imide groups is 1. The highest BCUT2D eigenvalue weighted by Gasteiger charge is 2.33. The molecule has 4 nitrogen and oxygen atoms in total. The molecule has 0 spiro atoms. The fourth-order valence-corrected chi connectivity index (χ4v) is 2.00. The Balaban J connectivity index is 1.99. The molecule has 0 aromatic rings. The second kappa shape index (κ2) is 4.04. The summed E-state index contributed by atoms with van der Waals surface area (Å²) in [6.07, 6.45) is 4.18. The van der Waals surface area contributed by atoms with Crippen LogP contribution < -0.4 is 0 Å². The number of hydrogen-bond donors (Lipinski definition) is 0. The van der Waals surface area contributed by atoms with E-state index in [1.165, 1.54) is 10.5 Å². The number of carbonyl (C=O) groups excluding carboxylic acids is 2. The molecule has 2 aliphatic rings. The van der Waals surface area contributed by atoms with Gasteiger partial charge in [-0.25, -0.2) is 9.69 Å². The van der Waals surface area contributed by atoms with Crippen LogP contribution in [0.5, 0.6) is 0 Å². The number of amides is 2.